The second-order valence-corrected chi connectivity index (χ2v) is 6.85. The molecule has 90 valence electrons. The Hall–Kier alpha value is 0.0600. The van der Waals surface area contributed by atoms with Gasteiger partial charge in [-0.1, -0.05) is 0 Å². The molecule has 2 heterocycles. The van der Waals surface area contributed by atoms with Gasteiger partial charge in [0.15, 0.2) is 5.79 Å². The molecule has 16 heavy (non-hydrogen) atoms. The van der Waals surface area contributed by atoms with Crippen molar-refractivity contribution in [2.45, 2.75) is 32.2 Å². The lowest BCUT2D eigenvalue weighted by Gasteiger charge is -2.35. The van der Waals surface area contributed by atoms with E-state index in [1.807, 2.05) is 13.8 Å². The van der Waals surface area contributed by atoms with Gasteiger partial charge in [-0.3, -0.25) is 0 Å². The van der Waals surface area contributed by atoms with Gasteiger partial charge >= 0.3 is 0 Å². The molecule has 1 aliphatic rings. The minimum Gasteiger partial charge on any atom is -0.349 e. The van der Waals surface area contributed by atoms with Crippen LogP contribution >= 0.6 is 27.3 Å². The molecule has 0 amide bonds. The monoisotopic (exact) mass is 305 g/mol. The zero-order valence-electron chi connectivity index (χ0n) is 9.46. The smallest absolute Gasteiger partial charge is 0.162 e. The fourth-order valence-corrected chi connectivity index (χ4v) is 2.94. The SMILES string of the molecule is CC1(C)OCC(NCc2ccc(Br)s2)CO1. The van der Waals surface area contributed by atoms with Gasteiger partial charge in [-0.2, -0.15) is 0 Å². The van der Waals surface area contributed by atoms with Gasteiger partial charge in [0.25, 0.3) is 0 Å². The van der Waals surface area contributed by atoms with Gasteiger partial charge in [0.2, 0.25) is 0 Å². The van der Waals surface area contributed by atoms with Crippen LogP contribution < -0.4 is 5.32 Å². The average Bonchev–Trinajstić information content (AvgIpc) is 2.63. The molecule has 1 aromatic rings. The third-order valence-electron chi connectivity index (χ3n) is 2.46. The number of rotatable bonds is 3. The van der Waals surface area contributed by atoms with Crippen molar-refractivity contribution in [3.05, 3.63) is 20.8 Å². The van der Waals surface area contributed by atoms with E-state index in [2.05, 4.69) is 33.4 Å². The Morgan fingerprint density at radius 3 is 2.69 bits per heavy atom. The second-order valence-electron chi connectivity index (χ2n) is 4.31. The van der Waals surface area contributed by atoms with Crippen LogP contribution in [0.4, 0.5) is 0 Å². The van der Waals surface area contributed by atoms with Crippen LogP contribution in [0.25, 0.3) is 0 Å². The van der Waals surface area contributed by atoms with Crippen LogP contribution in [0.1, 0.15) is 18.7 Å². The number of hydrogen-bond acceptors (Lipinski definition) is 4. The topological polar surface area (TPSA) is 30.5 Å². The molecule has 1 fully saturated rings. The normalized spacial score (nSPS) is 21.2. The summed E-state index contributed by atoms with van der Waals surface area (Å²) in [5, 5.41) is 3.43. The first-order valence-corrected chi connectivity index (χ1v) is 6.92. The van der Waals surface area contributed by atoms with E-state index < -0.39 is 5.79 Å². The lowest BCUT2D eigenvalue weighted by molar-refractivity contribution is -0.253. The molecule has 0 saturated carbocycles. The summed E-state index contributed by atoms with van der Waals surface area (Å²) in [7, 11) is 0. The van der Waals surface area contributed by atoms with E-state index in [4.69, 9.17) is 9.47 Å². The molecular weight excluding hydrogens is 290 g/mol. The van der Waals surface area contributed by atoms with Gasteiger partial charge in [-0.25, -0.2) is 0 Å². The maximum Gasteiger partial charge on any atom is 0.162 e. The molecule has 3 nitrogen and oxygen atoms in total. The number of halogens is 1. The fraction of sp³-hybridized carbons (Fsp3) is 0.636. The molecule has 0 aliphatic carbocycles. The Balaban J connectivity index is 1.75. The van der Waals surface area contributed by atoms with Crippen LogP contribution in [-0.2, 0) is 16.0 Å². The summed E-state index contributed by atoms with van der Waals surface area (Å²) < 4.78 is 12.3. The van der Waals surface area contributed by atoms with Crippen LogP contribution in [-0.4, -0.2) is 25.0 Å². The first kappa shape index (κ1) is 12.5. The van der Waals surface area contributed by atoms with Gasteiger partial charge in [-0.15, -0.1) is 11.3 Å². The van der Waals surface area contributed by atoms with Crippen molar-refractivity contribution in [2.75, 3.05) is 13.2 Å². The molecule has 1 aliphatic heterocycles. The van der Waals surface area contributed by atoms with Crippen LogP contribution in [0.15, 0.2) is 15.9 Å². The zero-order chi connectivity index (χ0) is 11.6. The van der Waals surface area contributed by atoms with Crippen molar-refractivity contribution >= 4 is 27.3 Å². The molecule has 1 saturated heterocycles. The Labute approximate surface area is 108 Å². The molecule has 0 radical (unpaired) electrons. The maximum absolute atomic E-state index is 5.58. The lowest BCUT2D eigenvalue weighted by Crippen LogP contribution is -2.48. The van der Waals surface area contributed by atoms with Crippen LogP contribution in [0, 0.1) is 0 Å². The van der Waals surface area contributed by atoms with Crippen molar-refractivity contribution in [1.82, 2.24) is 5.32 Å². The van der Waals surface area contributed by atoms with E-state index in [-0.39, 0.29) is 6.04 Å². The number of nitrogens with one attached hydrogen (secondary N) is 1. The molecule has 0 bridgehead atoms. The highest BCUT2D eigenvalue weighted by Gasteiger charge is 2.27. The van der Waals surface area contributed by atoms with Crippen molar-refractivity contribution in [3.8, 4) is 0 Å². The van der Waals surface area contributed by atoms with Crippen molar-refractivity contribution in [2.24, 2.45) is 0 Å². The largest absolute Gasteiger partial charge is 0.349 e. The van der Waals surface area contributed by atoms with Crippen LogP contribution in [0.2, 0.25) is 0 Å². The van der Waals surface area contributed by atoms with Crippen molar-refractivity contribution in [3.63, 3.8) is 0 Å². The zero-order valence-corrected chi connectivity index (χ0v) is 11.9. The van der Waals surface area contributed by atoms with Gasteiger partial charge < -0.3 is 14.8 Å². The summed E-state index contributed by atoms with van der Waals surface area (Å²) in [6, 6.07) is 4.48. The van der Waals surface area contributed by atoms with E-state index in [9.17, 15) is 0 Å². The fourth-order valence-electron chi connectivity index (χ4n) is 1.50. The summed E-state index contributed by atoms with van der Waals surface area (Å²) in [5.41, 5.74) is 0. The first-order valence-electron chi connectivity index (χ1n) is 5.31. The Bertz CT molecular complexity index is 344. The Morgan fingerprint density at radius 2 is 2.12 bits per heavy atom. The first-order chi connectivity index (χ1) is 7.55. The summed E-state index contributed by atoms with van der Waals surface area (Å²) in [6.45, 7) is 6.17. The van der Waals surface area contributed by atoms with Crippen LogP contribution in [0.5, 0.6) is 0 Å². The summed E-state index contributed by atoms with van der Waals surface area (Å²) >= 11 is 5.20. The Kier molecular flexibility index (Phi) is 4.02. The Morgan fingerprint density at radius 1 is 1.44 bits per heavy atom. The lowest BCUT2D eigenvalue weighted by atomic mass is 10.2. The van der Waals surface area contributed by atoms with Gasteiger partial charge in [0, 0.05) is 11.4 Å². The minimum absolute atomic E-state index is 0.286. The highest BCUT2D eigenvalue weighted by molar-refractivity contribution is 9.11. The molecular formula is C11H16BrNO2S. The highest BCUT2D eigenvalue weighted by atomic mass is 79.9. The second kappa shape index (κ2) is 5.14. The summed E-state index contributed by atoms with van der Waals surface area (Å²) in [5.74, 6) is -0.426. The van der Waals surface area contributed by atoms with E-state index in [0.717, 1.165) is 6.54 Å². The number of hydrogen-bond donors (Lipinski definition) is 1. The number of ether oxygens (including phenoxy) is 2. The summed E-state index contributed by atoms with van der Waals surface area (Å²) in [6.07, 6.45) is 0. The third kappa shape index (κ3) is 3.53. The molecule has 0 unspecified atom stereocenters. The molecule has 5 heteroatoms. The van der Waals surface area contributed by atoms with Crippen molar-refractivity contribution in [1.29, 1.82) is 0 Å². The van der Waals surface area contributed by atoms with Gasteiger partial charge in [0.1, 0.15) is 0 Å². The van der Waals surface area contributed by atoms with Gasteiger partial charge in [0.05, 0.1) is 23.0 Å². The molecule has 0 aromatic carbocycles. The summed E-state index contributed by atoms with van der Waals surface area (Å²) in [4.78, 5) is 1.32. The highest BCUT2D eigenvalue weighted by Crippen LogP contribution is 2.22. The van der Waals surface area contributed by atoms with E-state index in [0.29, 0.717) is 13.2 Å². The molecule has 2 rings (SSSR count). The molecule has 0 spiro atoms. The number of thiophene rings is 1. The molecule has 1 aromatic heterocycles. The standard InChI is InChI=1S/C11H16BrNO2S/c1-11(2)14-6-8(7-15-11)13-5-9-3-4-10(12)16-9/h3-4,8,13H,5-7H2,1-2H3. The predicted octanol–water partition coefficient (Wildman–Crippen LogP) is 2.75. The quantitative estimate of drug-likeness (QED) is 0.931. The van der Waals surface area contributed by atoms with E-state index >= 15 is 0 Å². The van der Waals surface area contributed by atoms with E-state index in [1.54, 1.807) is 11.3 Å². The third-order valence-corrected chi connectivity index (χ3v) is 4.08. The predicted molar refractivity (Wildman–Crippen MR) is 68.6 cm³/mol. The maximum atomic E-state index is 5.58. The minimum atomic E-state index is -0.426. The van der Waals surface area contributed by atoms with Crippen LogP contribution in [0.3, 0.4) is 0 Å². The average molecular weight is 306 g/mol. The van der Waals surface area contributed by atoms with Crippen molar-refractivity contribution < 1.29 is 9.47 Å². The molecule has 1 N–H and O–H groups in total. The molecule has 0 atom stereocenters. The van der Waals surface area contributed by atoms with E-state index in [1.165, 1.54) is 8.66 Å². The van der Waals surface area contributed by atoms with Gasteiger partial charge in [-0.05, 0) is 41.9 Å².